The van der Waals surface area contributed by atoms with Crippen LogP contribution < -0.4 is 14.8 Å². The number of hydrogen-bond acceptors (Lipinski definition) is 5. The summed E-state index contributed by atoms with van der Waals surface area (Å²) < 4.78 is 68.7. The molecule has 1 atom stereocenters. The number of alkyl halides is 3. The van der Waals surface area contributed by atoms with Gasteiger partial charge in [-0.25, -0.2) is 13.1 Å². The number of amides is 1. The number of benzene rings is 1. The maximum atomic E-state index is 12.2. The van der Waals surface area contributed by atoms with Gasteiger partial charge in [0.25, 0.3) is 0 Å². The Bertz CT molecular complexity index is 989. The van der Waals surface area contributed by atoms with Gasteiger partial charge in [0.2, 0.25) is 15.9 Å². The van der Waals surface area contributed by atoms with E-state index in [1.54, 1.807) is 0 Å². The van der Waals surface area contributed by atoms with Crippen LogP contribution in [0, 0.1) is 19.8 Å². The van der Waals surface area contributed by atoms with Crippen LogP contribution in [0.1, 0.15) is 24.7 Å². The van der Waals surface area contributed by atoms with Crippen molar-refractivity contribution >= 4 is 15.9 Å². The molecule has 172 valence electrons. The third kappa shape index (κ3) is 8.21. The minimum atomic E-state index is -4.86. The Kier molecular flexibility index (Phi) is 8.07. The molecule has 2 aromatic rings. The second-order valence-electron chi connectivity index (χ2n) is 7.19. The predicted molar refractivity (Wildman–Crippen MR) is 107 cm³/mol. The van der Waals surface area contributed by atoms with Crippen LogP contribution in [0.4, 0.5) is 13.2 Å². The third-order valence-corrected chi connectivity index (χ3v) is 5.72. The van der Waals surface area contributed by atoms with Crippen LogP contribution in [-0.2, 0) is 21.4 Å². The van der Waals surface area contributed by atoms with E-state index in [1.807, 2.05) is 31.5 Å². The van der Waals surface area contributed by atoms with E-state index < -0.39 is 22.1 Å². The van der Waals surface area contributed by atoms with Gasteiger partial charge < -0.3 is 10.1 Å². The van der Waals surface area contributed by atoms with Gasteiger partial charge in [-0.2, -0.15) is 5.10 Å². The Hall–Kier alpha value is -2.60. The Morgan fingerprint density at radius 2 is 1.87 bits per heavy atom. The molecule has 0 aliphatic carbocycles. The first-order chi connectivity index (χ1) is 14.4. The second kappa shape index (κ2) is 10.1. The van der Waals surface area contributed by atoms with Crippen molar-refractivity contribution in [2.24, 2.45) is 5.92 Å². The number of nitrogens with zero attached hydrogens (tertiary/aromatic N) is 2. The van der Waals surface area contributed by atoms with Crippen LogP contribution >= 0.6 is 0 Å². The molecule has 0 bridgehead atoms. The average Bonchev–Trinajstić information content (AvgIpc) is 2.96. The summed E-state index contributed by atoms with van der Waals surface area (Å²) in [5, 5.41) is 7.12. The first-order valence-corrected chi connectivity index (χ1v) is 11.0. The van der Waals surface area contributed by atoms with E-state index in [0.29, 0.717) is 13.1 Å². The van der Waals surface area contributed by atoms with E-state index in [4.69, 9.17) is 0 Å². The van der Waals surface area contributed by atoms with E-state index in [0.717, 1.165) is 35.7 Å². The molecule has 1 amide bonds. The molecular weight excluding hydrogens is 437 g/mol. The number of aryl methyl sites for hydroxylation is 2. The number of halogens is 3. The maximum Gasteiger partial charge on any atom is 0.573 e. The summed E-state index contributed by atoms with van der Waals surface area (Å²) in [5.74, 6) is -0.728. The lowest BCUT2D eigenvalue weighted by atomic mass is 10.2. The maximum absolute atomic E-state index is 12.2. The van der Waals surface area contributed by atoms with Gasteiger partial charge in [-0.3, -0.25) is 9.48 Å². The van der Waals surface area contributed by atoms with E-state index >= 15 is 0 Å². The fraction of sp³-hybridized carbons (Fsp3) is 0.474. The lowest BCUT2D eigenvalue weighted by Crippen LogP contribution is -2.33. The smallest absolute Gasteiger partial charge is 0.406 e. The molecule has 0 aliphatic heterocycles. The first-order valence-electron chi connectivity index (χ1n) is 9.49. The Morgan fingerprint density at radius 3 is 2.42 bits per heavy atom. The molecule has 1 aromatic heterocycles. The van der Waals surface area contributed by atoms with Gasteiger partial charge >= 0.3 is 6.36 Å². The summed E-state index contributed by atoms with van der Waals surface area (Å²) in [6.45, 7) is 6.72. The topological polar surface area (TPSA) is 102 Å². The molecule has 0 saturated carbocycles. The number of nitrogens with one attached hydrogen (secondary N) is 2. The largest absolute Gasteiger partial charge is 0.573 e. The van der Waals surface area contributed by atoms with Gasteiger partial charge in [-0.1, -0.05) is 6.92 Å². The molecule has 0 spiro atoms. The summed E-state index contributed by atoms with van der Waals surface area (Å²) in [7, 11) is -3.97. The normalized spacial score (nSPS) is 13.1. The van der Waals surface area contributed by atoms with E-state index in [2.05, 4.69) is 19.9 Å². The first kappa shape index (κ1) is 24.7. The highest BCUT2D eigenvalue weighted by atomic mass is 32.2. The molecule has 1 heterocycles. The molecular formula is C19H25F3N4O4S. The average molecular weight is 462 g/mol. The van der Waals surface area contributed by atoms with Gasteiger partial charge in [-0.15, -0.1) is 13.2 Å². The van der Waals surface area contributed by atoms with Crippen molar-refractivity contribution in [2.45, 2.75) is 45.0 Å². The number of carbonyl (C=O) groups is 1. The van der Waals surface area contributed by atoms with E-state index in [1.165, 1.54) is 0 Å². The fourth-order valence-corrected chi connectivity index (χ4v) is 3.83. The number of hydrogen-bond donors (Lipinski definition) is 2. The monoisotopic (exact) mass is 462 g/mol. The third-order valence-electron chi connectivity index (χ3n) is 4.25. The highest BCUT2D eigenvalue weighted by Gasteiger charge is 2.31. The number of carbonyl (C=O) groups excluding carboxylic acids is 1. The van der Waals surface area contributed by atoms with Gasteiger partial charge in [0.15, 0.2) is 0 Å². The zero-order chi connectivity index (χ0) is 23.2. The number of sulfonamides is 1. The van der Waals surface area contributed by atoms with Gasteiger partial charge in [0.1, 0.15) is 5.75 Å². The van der Waals surface area contributed by atoms with Crippen molar-refractivity contribution in [3.63, 3.8) is 0 Å². The van der Waals surface area contributed by atoms with Crippen molar-refractivity contribution in [3.8, 4) is 5.75 Å². The molecule has 1 aromatic carbocycles. The predicted octanol–water partition coefficient (Wildman–Crippen LogP) is 2.52. The molecule has 0 radical (unpaired) electrons. The van der Waals surface area contributed by atoms with E-state index in [-0.39, 0.29) is 29.7 Å². The summed E-state index contributed by atoms with van der Waals surface area (Å²) >= 11 is 0. The van der Waals surface area contributed by atoms with E-state index in [9.17, 15) is 26.4 Å². The number of rotatable bonds is 10. The molecule has 12 heteroatoms. The SMILES string of the molecule is Cc1cc(C)n(CC(C)CNC(=O)CCNS(=O)(=O)c2ccc(OC(F)(F)F)cc2)n1. The molecule has 0 fully saturated rings. The highest BCUT2D eigenvalue weighted by molar-refractivity contribution is 7.89. The summed E-state index contributed by atoms with van der Waals surface area (Å²) in [5.41, 5.74) is 1.95. The molecule has 0 aliphatic rings. The van der Waals surface area contributed by atoms with Gasteiger partial charge in [0.05, 0.1) is 10.6 Å². The highest BCUT2D eigenvalue weighted by Crippen LogP contribution is 2.23. The molecule has 8 nitrogen and oxygen atoms in total. The zero-order valence-corrected chi connectivity index (χ0v) is 18.2. The zero-order valence-electron chi connectivity index (χ0n) is 17.4. The van der Waals surface area contributed by atoms with Crippen LogP contribution in [0.25, 0.3) is 0 Å². The Balaban J connectivity index is 1.76. The molecule has 31 heavy (non-hydrogen) atoms. The molecule has 2 N–H and O–H groups in total. The standard InChI is InChI=1S/C19H25F3N4O4S/c1-13(12-26-15(3)10-14(2)25-26)11-23-18(27)8-9-24-31(28,29)17-6-4-16(5-7-17)30-19(20,21)22/h4-7,10,13,24H,8-9,11-12H2,1-3H3,(H,23,27). The molecule has 2 rings (SSSR count). The van der Waals surface area contributed by atoms with Crippen LogP contribution in [0.15, 0.2) is 35.2 Å². The van der Waals surface area contributed by atoms with Crippen molar-refractivity contribution in [1.29, 1.82) is 0 Å². The minimum absolute atomic E-state index is 0.0822. The van der Waals surface area contributed by atoms with Crippen molar-refractivity contribution < 1.29 is 31.1 Å². The van der Waals surface area contributed by atoms with Crippen molar-refractivity contribution in [2.75, 3.05) is 13.1 Å². The minimum Gasteiger partial charge on any atom is -0.406 e. The Labute approximate surface area is 178 Å². The summed E-state index contributed by atoms with van der Waals surface area (Å²) in [6.07, 6.45) is -4.94. The quantitative estimate of drug-likeness (QED) is 0.565. The molecule has 0 saturated heterocycles. The summed E-state index contributed by atoms with van der Waals surface area (Å²) in [4.78, 5) is 11.7. The summed E-state index contributed by atoms with van der Waals surface area (Å²) in [6, 6.07) is 5.75. The second-order valence-corrected chi connectivity index (χ2v) is 8.95. The van der Waals surface area contributed by atoms with Gasteiger partial charge in [-0.05, 0) is 50.1 Å². The van der Waals surface area contributed by atoms with Crippen LogP contribution in [-0.4, -0.2) is 43.6 Å². The molecule has 1 unspecified atom stereocenters. The van der Waals surface area contributed by atoms with Crippen molar-refractivity contribution in [1.82, 2.24) is 19.8 Å². The van der Waals surface area contributed by atoms with Crippen molar-refractivity contribution in [3.05, 3.63) is 41.7 Å². The van der Waals surface area contributed by atoms with Gasteiger partial charge in [0, 0.05) is 31.7 Å². The number of ether oxygens (including phenoxy) is 1. The van der Waals surface area contributed by atoms with Crippen LogP contribution in [0.5, 0.6) is 5.75 Å². The lowest BCUT2D eigenvalue weighted by Gasteiger charge is -2.14. The van der Waals surface area contributed by atoms with Crippen LogP contribution in [0.2, 0.25) is 0 Å². The fourth-order valence-electron chi connectivity index (χ4n) is 2.80. The number of aromatic nitrogens is 2. The van der Waals surface area contributed by atoms with Crippen LogP contribution in [0.3, 0.4) is 0 Å². The Morgan fingerprint density at radius 1 is 1.23 bits per heavy atom. The lowest BCUT2D eigenvalue weighted by molar-refractivity contribution is -0.274.